The van der Waals surface area contributed by atoms with Crippen molar-refractivity contribution in [3.05, 3.63) is 0 Å². The van der Waals surface area contributed by atoms with Gasteiger partial charge >= 0.3 is 11.9 Å². The van der Waals surface area contributed by atoms with Gasteiger partial charge in [0.15, 0.2) is 0 Å². The molecule has 0 aromatic rings. The third-order valence-electron chi connectivity index (χ3n) is 10.2. The van der Waals surface area contributed by atoms with Crippen molar-refractivity contribution < 1.29 is 19.8 Å². The summed E-state index contributed by atoms with van der Waals surface area (Å²) in [6, 6.07) is 0. The largest absolute Gasteiger partial charge is 0.481 e. The molecule has 0 aliphatic rings. The summed E-state index contributed by atoms with van der Waals surface area (Å²) in [4.78, 5) is 22.2. The number of carboxylic acids is 2. The van der Waals surface area contributed by atoms with Gasteiger partial charge in [0.1, 0.15) is 0 Å². The molecule has 0 aliphatic heterocycles. The molecule has 0 amide bonds. The van der Waals surface area contributed by atoms with Crippen LogP contribution in [-0.4, -0.2) is 22.2 Å². The summed E-state index contributed by atoms with van der Waals surface area (Å²) >= 11 is 0. The van der Waals surface area contributed by atoms with E-state index in [1.54, 1.807) is 0 Å². The number of aliphatic carboxylic acids is 2. The molecule has 0 aromatic carbocycles. The van der Waals surface area contributed by atoms with E-state index in [0.29, 0.717) is 18.8 Å². The van der Waals surface area contributed by atoms with Gasteiger partial charge in [0.25, 0.3) is 0 Å². The lowest BCUT2D eigenvalue weighted by atomic mass is 9.62. The monoisotopic (exact) mass is 595 g/mol. The van der Waals surface area contributed by atoms with Crippen molar-refractivity contribution >= 4 is 11.9 Å². The highest BCUT2D eigenvalue weighted by Gasteiger charge is 2.37. The average Bonchev–Trinajstić information content (AvgIpc) is 2.96. The summed E-state index contributed by atoms with van der Waals surface area (Å²) in [6.07, 6.45) is 31.6. The maximum atomic E-state index is 11.7. The van der Waals surface area contributed by atoms with Crippen LogP contribution in [0.15, 0.2) is 0 Å². The van der Waals surface area contributed by atoms with E-state index in [9.17, 15) is 14.7 Å². The lowest BCUT2D eigenvalue weighted by Crippen LogP contribution is -2.33. The van der Waals surface area contributed by atoms with Gasteiger partial charge in [0.05, 0.1) is 0 Å². The molecule has 0 spiro atoms. The van der Waals surface area contributed by atoms with Crippen molar-refractivity contribution in [2.45, 2.75) is 208 Å². The second-order valence-corrected chi connectivity index (χ2v) is 14.1. The molecule has 0 fully saturated rings. The number of carbonyl (C=O) groups is 2. The van der Waals surface area contributed by atoms with Crippen LogP contribution in [0.2, 0.25) is 0 Å². The molecule has 250 valence electrons. The van der Waals surface area contributed by atoms with Crippen molar-refractivity contribution in [2.24, 2.45) is 23.2 Å². The Kier molecular flexibility index (Phi) is 26.8. The Balaban J connectivity index is 4.76. The van der Waals surface area contributed by atoms with E-state index >= 15 is 0 Å². The summed E-state index contributed by atoms with van der Waals surface area (Å²) in [5.41, 5.74) is 0.245. The normalized spacial score (nSPS) is 15.3. The third kappa shape index (κ3) is 22.5. The fraction of sp³-hybridized carbons (Fsp3) is 0.947. The van der Waals surface area contributed by atoms with Crippen LogP contribution in [0.3, 0.4) is 0 Å². The molecule has 0 bridgehead atoms. The van der Waals surface area contributed by atoms with Crippen molar-refractivity contribution in [2.75, 3.05) is 0 Å². The zero-order chi connectivity index (χ0) is 31.5. The molecule has 0 rings (SSSR count). The van der Waals surface area contributed by atoms with Crippen molar-refractivity contribution in [3.63, 3.8) is 0 Å². The van der Waals surface area contributed by atoms with E-state index < -0.39 is 11.9 Å². The van der Waals surface area contributed by atoms with Crippen LogP contribution in [0.1, 0.15) is 208 Å². The lowest BCUT2D eigenvalue weighted by molar-refractivity contribution is -0.138. The van der Waals surface area contributed by atoms with Crippen LogP contribution < -0.4 is 0 Å². The van der Waals surface area contributed by atoms with Crippen molar-refractivity contribution in [1.82, 2.24) is 0 Å². The fourth-order valence-corrected chi connectivity index (χ4v) is 7.37. The molecule has 0 saturated carbocycles. The van der Waals surface area contributed by atoms with Crippen LogP contribution in [0.5, 0.6) is 0 Å². The predicted molar refractivity (Wildman–Crippen MR) is 181 cm³/mol. The molecule has 0 radical (unpaired) electrons. The smallest absolute Gasteiger partial charge is 0.303 e. The van der Waals surface area contributed by atoms with Gasteiger partial charge in [-0.3, -0.25) is 9.59 Å². The highest BCUT2D eigenvalue weighted by atomic mass is 16.4. The number of rotatable bonds is 32. The Labute approximate surface area is 262 Å². The summed E-state index contributed by atoms with van der Waals surface area (Å²) in [6.45, 7) is 11.9. The number of carboxylic acid groups (broad SMARTS) is 2. The molecule has 3 atom stereocenters. The average molecular weight is 595 g/mol. The Hall–Kier alpha value is -1.06. The maximum Gasteiger partial charge on any atom is 0.303 e. The van der Waals surface area contributed by atoms with Gasteiger partial charge in [-0.05, 0) is 55.3 Å². The van der Waals surface area contributed by atoms with Gasteiger partial charge in [-0.25, -0.2) is 0 Å². The molecule has 0 saturated heterocycles. The summed E-state index contributed by atoms with van der Waals surface area (Å²) < 4.78 is 0. The highest BCUT2D eigenvalue weighted by molar-refractivity contribution is 5.66. The van der Waals surface area contributed by atoms with E-state index in [2.05, 4.69) is 34.6 Å². The molecule has 2 N–H and O–H groups in total. The molecule has 0 aromatic heterocycles. The maximum absolute atomic E-state index is 11.7. The Morgan fingerprint density at radius 3 is 1.24 bits per heavy atom. The number of hydrogen-bond acceptors (Lipinski definition) is 2. The van der Waals surface area contributed by atoms with Crippen LogP contribution in [0.25, 0.3) is 0 Å². The van der Waals surface area contributed by atoms with E-state index in [0.717, 1.165) is 31.1 Å². The van der Waals surface area contributed by atoms with Gasteiger partial charge in [-0.2, -0.15) is 0 Å². The van der Waals surface area contributed by atoms with E-state index in [-0.39, 0.29) is 5.41 Å². The van der Waals surface area contributed by atoms with E-state index in [1.165, 1.54) is 141 Å². The standard InChI is InChI=1S/C38H74O4/c1-6-10-25-33(8-3)31-38(5,32-34(9-4)26-11-7-2)35(29-30-37(41)42)27-23-21-19-17-15-13-12-14-16-18-20-22-24-28-36(39)40/h33-35H,6-32H2,1-5H3,(H,39,40)(H,41,42). The van der Waals surface area contributed by atoms with Crippen LogP contribution >= 0.6 is 0 Å². The minimum Gasteiger partial charge on any atom is -0.481 e. The van der Waals surface area contributed by atoms with Crippen molar-refractivity contribution in [1.29, 1.82) is 0 Å². The third-order valence-corrected chi connectivity index (χ3v) is 10.2. The van der Waals surface area contributed by atoms with E-state index in [1.807, 2.05) is 0 Å². The molecule has 4 nitrogen and oxygen atoms in total. The summed E-state index contributed by atoms with van der Waals surface area (Å²) in [7, 11) is 0. The zero-order valence-corrected chi connectivity index (χ0v) is 29.0. The van der Waals surface area contributed by atoms with Gasteiger partial charge < -0.3 is 10.2 Å². The molecular formula is C38H74O4. The first-order valence-electron chi connectivity index (χ1n) is 18.7. The fourth-order valence-electron chi connectivity index (χ4n) is 7.37. The van der Waals surface area contributed by atoms with Crippen LogP contribution in [-0.2, 0) is 9.59 Å². The molecule has 3 unspecified atom stereocenters. The first-order valence-corrected chi connectivity index (χ1v) is 18.7. The first kappa shape index (κ1) is 40.9. The van der Waals surface area contributed by atoms with Gasteiger partial charge in [0, 0.05) is 12.8 Å². The summed E-state index contributed by atoms with van der Waals surface area (Å²) in [5, 5.41) is 18.3. The van der Waals surface area contributed by atoms with Crippen molar-refractivity contribution in [3.8, 4) is 0 Å². The molecule has 0 heterocycles. The highest BCUT2D eigenvalue weighted by Crippen LogP contribution is 2.47. The van der Waals surface area contributed by atoms with Crippen LogP contribution in [0, 0.1) is 23.2 Å². The van der Waals surface area contributed by atoms with Gasteiger partial charge in [-0.15, -0.1) is 0 Å². The van der Waals surface area contributed by atoms with E-state index in [4.69, 9.17) is 5.11 Å². The topological polar surface area (TPSA) is 74.6 Å². The minimum atomic E-state index is -0.669. The Morgan fingerprint density at radius 1 is 0.500 bits per heavy atom. The SMILES string of the molecule is CCCCC(CC)CC(C)(CC(CC)CCCC)C(CCCCCCCCCCCCCCCC(=O)O)CCC(=O)O. The predicted octanol–water partition coefficient (Wildman–Crippen LogP) is 12.6. The minimum absolute atomic E-state index is 0.245. The second kappa shape index (κ2) is 27.5. The van der Waals surface area contributed by atoms with Crippen LogP contribution in [0.4, 0.5) is 0 Å². The molecule has 4 heteroatoms. The number of unbranched alkanes of at least 4 members (excludes halogenated alkanes) is 14. The molecule has 0 aliphatic carbocycles. The molecule has 42 heavy (non-hydrogen) atoms. The lowest BCUT2D eigenvalue weighted by Gasteiger charge is -2.43. The Morgan fingerprint density at radius 2 is 0.881 bits per heavy atom. The quantitative estimate of drug-likeness (QED) is 0.0760. The Bertz CT molecular complexity index is 613. The molecular weight excluding hydrogens is 520 g/mol. The first-order chi connectivity index (χ1) is 20.2. The number of hydrogen-bond donors (Lipinski definition) is 2. The second-order valence-electron chi connectivity index (χ2n) is 14.1. The summed E-state index contributed by atoms with van der Waals surface area (Å²) in [5.74, 6) is 0.753. The van der Waals surface area contributed by atoms with Gasteiger partial charge in [0.2, 0.25) is 0 Å². The van der Waals surface area contributed by atoms with Gasteiger partial charge in [-0.1, -0.05) is 163 Å². The zero-order valence-electron chi connectivity index (χ0n) is 29.0.